The normalized spacial score (nSPS) is 24.5. The zero-order chi connectivity index (χ0) is 24.5. The molecule has 2 saturated heterocycles. The van der Waals surface area contributed by atoms with Gasteiger partial charge in [-0.3, -0.25) is 14.7 Å². The van der Waals surface area contributed by atoms with E-state index in [9.17, 15) is 14.0 Å². The number of carbonyl (C=O) groups excluding carboxylic acids is 2. The molecule has 1 aromatic carbocycles. The van der Waals surface area contributed by atoms with Crippen molar-refractivity contribution < 1.29 is 18.7 Å². The van der Waals surface area contributed by atoms with E-state index in [4.69, 9.17) is 9.73 Å². The second-order valence-electron chi connectivity index (χ2n) is 9.04. The van der Waals surface area contributed by atoms with E-state index in [0.717, 1.165) is 19.5 Å². The molecule has 0 spiro atoms. The molecule has 1 aromatic heterocycles. The first-order valence-corrected chi connectivity index (χ1v) is 12.7. The van der Waals surface area contributed by atoms with Crippen molar-refractivity contribution in [3.05, 3.63) is 63.0 Å². The van der Waals surface area contributed by atoms with E-state index in [1.54, 1.807) is 32.2 Å². The van der Waals surface area contributed by atoms with E-state index in [2.05, 4.69) is 20.5 Å². The quantitative estimate of drug-likeness (QED) is 0.596. The third kappa shape index (κ3) is 4.60. The Hall–Kier alpha value is -3.11. The van der Waals surface area contributed by atoms with E-state index in [-0.39, 0.29) is 30.2 Å². The Labute approximate surface area is 207 Å². The number of hydrogen-bond donors (Lipinski definition) is 2. The number of aliphatic imine (C=N–C) groups is 1. The molecule has 5 rings (SSSR count). The number of aromatic nitrogens is 1. The summed E-state index contributed by atoms with van der Waals surface area (Å²) in [5.41, 5.74) is 2.11. The van der Waals surface area contributed by atoms with Gasteiger partial charge in [0.15, 0.2) is 10.8 Å². The SMILES string of the molecule is CCOC(=O)C1=C(CN2CC[C@@H]3C(=O)NC[C@@H]3C2)NC(c2nccs2)=N[C@H]1c1cccc(F)c1C. The summed E-state index contributed by atoms with van der Waals surface area (Å²) >= 11 is 1.44. The number of rotatable bonds is 6. The average Bonchev–Trinajstić information content (AvgIpc) is 3.51. The number of likely N-dealkylation sites (tertiary alicyclic amines) is 1. The number of benzene rings is 1. The molecule has 0 saturated carbocycles. The summed E-state index contributed by atoms with van der Waals surface area (Å²) in [6, 6.07) is 4.11. The van der Waals surface area contributed by atoms with Gasteiger partial charge < -0.3 is 15.4 Å². The molecule has 0 radical (unpaired) electrons. The maximum atomic E-state index is 14.6. The molecule has 8 nitrogen and oxygen atoms in total. The molecule has 3 atom stereocenters. The van der Waals surface area contributed by atoms with Gasteiger partial charge in [-0.05, 0) is 44.0 Å². The third-order valence-corrected chi connectivity index (χ3v) is 7.72. The average molecular weight is 498 g/mol. The highest BCUT2D eigenvalue weighted by Crippen LogP contribution is 2.36. The van der Waals surface area contributed by atoms with Crippen LogP contribution in [0, 0.1) is 24.6 Å². The Bertz CT molecular complexity index is 1200. The van der Waals surface area contributed by atoms with E-state index < -0.39 is 12.0 Å². The maximum absolute atomic E-state index is 14.6. The highest BCUT2D eigenvalue weighted by atomic mass is 32.1. The van der Waals surface area contributed by atoms with Crippen LogP contribution in [0.2, 0.25) is 0 Å². The van der Waals surface area contributed by atoms with Gasteiger partial charge in [0.1, 0.15) is 11.9 Å². The molecule has 2 fully saturated rings. The highest BCUT2D eigenvalue weighted by molar-refractivity contribution is 7.11. The molecule has 0 bridgehead atoms. The smallest absolute Gasteiger partial charge is 0.338 e. The second-order valence-corrected chi connectivity index (χ2v) is 9.94. The Morgan fingerprint density at radius 1 is 1.37 bits per heavy atom. The van der Waals surface area contributed by atoms with Crippen molar-refractivity contribution >= 4 is 29.0 Å². The summed E-state index contributed by atoms with van der Waals surface area (Å²) < 4.78 is 20.0. The zero-order valence-electron chi connectivity index (χ0n) is 19.7. The fourth-order valence-corrected chi connectivity index (χ4v) is 5.74. The van der Waals surface area contributed by atoms with Gasteiger partial charge in [0, 0.05) is 48.7 Å². The van der Waals surface area contributed by atoms with Gasteiger partial charge in [-0.2, -0.15) is 0 Å². The topological polar surface area (TPSA) is 95.9 Å². The van der Waals surface area contributed by atoms with Crippen LogP contribution in [-0.4, -0.2) is 60.4 Å². The molecular weight excluding hydrogens is 469 g/mol. The number of nitrogens with one attached hydrogen (secondary N) is 2. The summed E-state index contributed by atoms with van der Waals surface area (Å²) in [4.78, 5) is 36.9. The molecule has 1 amide bonds. The summed E-state index contributed by atoms with van der Waals surface area (Å²) in [6.07, 6.45) is 2.48. The van der Waals surface area contributed by atoms with Crippen LogP contribution in [0.5, 0.6) is 0 Å². The van der Waals surface area contributed by atoms with Gasteiger partial charge >= 0.3 is 5.97 Å². The van der Waals surface area contributed by atoms with E-state index in [0.29, 0.717) is 46.3 Å². The van der Waals surface area contributed by atoms with Gasteiger partial charge in [-0.25, -0.2) is 14.2 Å². The first-order valence-electron chi connectivity index (χ1n) is 11.9. The number of esters is 1. The van der Waals surface area contributed by atoms with Gasteiger partial charge in [-0.1, -0.05) is 12.1 Å². The van der Waals surface area contributed by atoms with Crippen LogP contribution in [0.3, 0.4) is 0 Å². The van der Waals surface area contributed by atoms with E-state index in [1.165, 1.54) is 17.4 Å². The molecular formula is C25H28FN5O3S. The number of nitrogens with zero attached hydrogens (tertiary/aromatic N) is 3. The lowest BCUT2D eigenvalue weighted by Gasteiger charge is -2.36. The van der Waals surface area contributed by atoms with Crippen molar-refractivity contribution in [2.75, 3.05) is 32.8 Å². The number of halogens is 1. The number of thiazole rings is 1. The fourth-order valence-electron chi connectivity index (χ4n) is 5.15. The number of ether oxygens (including phenoxy) is 1. The van der Waals surface area contributed by atoms with Gasteiger partial charge in [-0.15, -0.1) is 11.3 Å². The second kappa shape index (κ2) is 9.87. The Morgan fingerprint density at radius 2 is 2.23 bits per heavy atom. The van der Waals surface area contributed by atoms with Crippen molar-refractivity contribution in [1.29, 1.82) is 0 Å². The van der Waals surface area contributed by atoms with Crippen LogP contribution in [0.4, 0.5) is 4.39 Å². The number of amides is 1. The van der Waals surface area contributed by atoms with Crippen LogP contribution in [0.25, 0.3) is 0 Å². The van der Waals surface area contributed by atoms with Crippen molar-refractivity contribution in [2.24, 2.45) is 16.8 Å². The molecule has 184 valence electrons. The fraction of sp³-hybridized carbons (Fsp3) is 0.440. The highest BCUT2D eigenvalue weighted by Gasteiger charge is 2.40. The molecule has 10 heteroatoms. The van der Waals surface area contributed by atoms with E-state index in [1.807, 2.05) is 5.38 Å². The summed E-state index contributed by atoms with van der Waals surface area (Å²) in [7, 11) is 0. The lowest BCUT2D eigenvalue weighted by Crippen LogP contribution is -2.45. The number of hydrogen-bond acceptors (Lipinski definition) is 8. The lowest BCUT2D eigenvalue weighted by atomic mass is 9.87. The molecule has 0 unspecified atom stereocenters. The Kier molecular flexibility index (Phi) is 6.66. The molecule has 35 heavy (non-hydrogen) atoms. The Balaban J connectivity index is 1.55. The van der Waals surface area contributed by atoms with Gasteiger partial charge in [0.2, 0.25) is 5.91 Å². The third-order valence-electron chi connectivity index (χ3n) is 6.94. The van der Waals surface area contributed by atoms with Crippen LogP contribution in [-0.2, 0) is 14.3 Å². The van der Waals surface area contributed by atoms with Crippen molar-refractivity contribution in [3.63, 3.8) is 0 Å². The molecule has 3 aliphatic heterocycles. The minimum absolute atomic E-state index is 0.0548. The minimum Gasteiger partial charge on any atom is -0.463 e. The molecule has 2 N–H and O–H groups in total. The number of piperidine rings is 1. The molecule has 4 heterocycles. The zero-order valence-corrected chi connectivity index (χ0v) is 20.5. The van der Waals surface area contributed by atoms with Gasteiger partial charge in [0.25, 0.3) is 0 Å². The van der Waals surface area contributed by atoms with Crippen molar-refractivity contribution in [2.45, 2.75) is 26.3 Å². The Morgan fingerprint density at radius 3 is 3.00 bits per heavy atom. The maximum Gasteiger partial charge on any atom is 0.338 e. The summed E-state index contributed by atoms with van der Waals surface area (Å²) in [5.74, 6) is 0.163. The summed E-state index contributed by atoms with van der Waals surface area (Å²) in [5, 5.41) is 8.87. The first-order chi connectivity index (χ1) is 17.0. The number of carbonyl (C=O) groups is 2. The predicted molar refractivity (Wildman–Crippen MR) is 130 cm³/mol. The van der Waals surface area contributed by atoms with Crippen molar-refractivity contribution in [1.82, 2.24) is 20.5 Å². The minimum atomic E-state index is -0.729. The van der Waals surface area contributed by atoms with Crippen LogP contribution in [0.15, 0.2) is 46.0 Å². The van der Waals surface area contributed by atoms with Crippen LogP contribution >= 0.6 is 11.3 Å². The number of fused-ring (bicyclic) bond motifs is 1. The lowest BCUT2D eigenvalue weighted by molar-refractivity contribution is -0.139. The standard InChI is InChI=1S/C25H28FN5O3S/c1-3-34-25(33)20-19(13-31-9-7-17-15(12-31)11-28-23(17)32)29-22(24-27-8-10-35-24)30-21(20)16-5-4-6-18(26)14(16)2/h4-6,8,10,15,17,21H,3,7,9,11-13H2,1-2H3,(H,28,32)(H,29,30)/t15-,17+,21+/m1/s1. The first kappa shape index (κ1) is 23.6. The van der Waals surface area contributed by atoms with Crippen molar-refractivity contribution in [3.8, 4) is 0 Å². The van der Waals surface area contributed by atoms with Crippen LogP contribution in [0.1, 0.15) is 35.5 Å². The molecule has 0 aliphatic carbocycles. The predicted octanol–water partition coefficient (Wildman–Crippen LogP) is 2.57. The molecule has 3 aliphatic rings. The largest absolute Gasteiger partial charge is 0.463 e. The number of amidine groups is 1. The van der Waals surface area contributed by atoms with Gasteiger partial charge in [0.05, 0.1) is 12.2 Å². The van der Waals surface area contributed by atoms with Crippen LogP contribution < -0.4 is 10.6 Å². The molecule has 2 aromatic rings. The monoisotopic (exact) mass is 497 g/mol. The van der Waals surface area contributed by atoms with E-state index >= 15 is 0 Å². The summed E-state index contributed by atoms with van der Waals surface area (Å²) in [6.45, 7) is 6.30.